The molecule has 292 valence electrons. The molecule has 5 aliphatic rings. The standard InChI is InChI=1S/C21H21N5O2S.C20H22N6OS/c27-21-19-15(16(11-29-19)13-6-8-28-9-7-13)10-25(21)18-3-1-2-17(23-18)20-24-22-12-26(20)14-4-5-14;1-12(2)8-21-16-10-28-18-14(16)9-25(20(18)27)17-5-3-4-15(23-17)19-24-22-11-26(19)13-6-7-13/h1-3,11-14H,4-10H2;3-5,10-13,21H,6-9H2,1-2H3. The molecule has 57 heavy (non-hydrogen) atoms. The maximum Gasteiger partial charge on any atom is 0.270 e. The number of rotatable bonds is 10. The molecular formula is C41H43N11O3S2. The number of carbonyl (C=O) groups excluding carboxylic acids is 2. The van der Waals surface area contributed by atoms with Crippen molar-refractivity contribution in [2.24, 2.45) is 5.92 Å². The van der Waals surface area contributed by atoms with Crippen molar-refractivity contribution in [1.82, 2.24) is 39.5 Å². The van der Waals surface area contributed by atoms with Crippen molar-refractivity contribution in [2.75, 3.05) is 34.9 Å². The van der Waals surface area contributed by atoms with Gasteiger partial charge in [-0.15, -0.1) is 43.1 Å². The van der Waals surface area contributed by atoms with Crippen LogP contribution in [0.25, 0.3) is 23.0 Å². The molecule has 0 atom stereocenters. The maximum absolute atomic E-state index is 13.1. The van der Waals surface area contributed by atoms with Crippen molar-refractivity contribution in [3.8, 4) is 23.0 Å². The topological polar surface area (TPSA) is 149 Å². The highest BCUT2D eigenvalue weighted by Crippen LogP contribution is 2.42. The molecule has 1 N–H and O–H groups in total. The summed E-state index contributed by atoms with van der Waals surface area (Å²) < 4.78 is 9.69. The minimum atomic E-state index is 0.0194. The fourth-order valence-corrected chi connectivity index (χ4v) is 9.94. The minimum absolute atomic E-state index is 0.0194. The number of carbonyl (C=O) groups is 2. The van der Waals surface area contributed by atoms with Gasteiger partial charge in [-0.3, -0.25) is 19.4 Å². The molecule has 0 aromatic carbocycles. The molecule has 6 aromatic rings. The van der Waals surface area contributed by atoms with Crippen molar-refractivity contribution in [3.63, 3.8) is 0 Å². The Kier molecular flexibility index (Phi) is 9.41. The summed E-state index contributed by atoms with van der Waals surface area (Å²) in [6, 6.07) is 12.5. The van der Waals surface area contributed by atoms with E-state index in [1.807, 2.05) is 41.8 Å². The minimum Gasteiger partial charge on any atom is -0.384 e. The number of amides is 2. The molecule has 2 amide bonds. The number of nitrogens with one attached hydrogen (secondary N) is 1. The fraction of sp³-hybridized carbons (Fsp3) is 0.415. The normalized spacial score (nSPS) is 17.9. The Bertz CT molecular complexity index is 2450. The zero-order valence-electron chi connectivity index (χ0n) is 31.9. The van der Waals surface area contributed by atoms with Gasteiger partial charge in [0.2, 0.25) is 0 Å². The summed E-state index contributed by atoms with van der Waals surface area (Å²) in [6.07, 6.45) is 10.2. The van der Waals surface area contributed by atoms with E-state index in [0.29, 0.717) is 48.6 Å². The fourth-order valence-electron chi connectivity index (χ4n) is 7.83. The second-order valence-electron chi connectivity index (χ2n) is 15.7. The molecule has 3 fully saturated rings. The smallest absolute Gasteiger partial charge is 0.270 e. The van der Waals surface area contributed by atoms with E-state index in [2.05, 4.69) is 54.1 Å². The molecule has 3 aliphatic heterocycles. The van der Waals surface area contributed by atoms with Gasteiger partial charge in [-0.25, -0.2) is 9.97 Å². The predicted molar refractivity (Wildman–Crippen MR) is 219 cm³/mol. The third-order valence-corrected chi connectivity index (χ3v) is 13.2. The van der Waals surface area contributed by atoms with Crippen LogP contribution >= 0.6 is 22.7 Å². The van der Waals surface area contributed by atoms with Crippen LogP contribution < -0.4 is 15.1 Å². The zero-order valence-corrected chi connectivity index (χ0v) is 33.5. The lowest BCUT2D eigenvalue weighted by Gasteiger charge is -2.23. The van der Waals surface area contributed by atoms with E-state index in [1.54, 1.807) is 33.8 Å². The van der Waals surface area contributed by atoms with E-state index in [4.69, 9.17) is 14.7 Å². The number of pyridine rings is 2. The number of nitrogens with zero attached hydrogens (tertiary/aromatic N) is 10. The molecule has 0 bridgehead atoms. The predicted octanol–water partition coefficient (Wildman–Crippen LogP) is 7.76. The van der Waals surface area contributed by atoms with Crippen LogP contribution in [0.4, 0.5) is 17.3 Å². The number of aromatic nitrogens is 8. The molecule has 16 heteroatoms. The molecule has 0 spiro atoms. The zero-order chi connectivity index (χ0) is 38.6. The lowest BCUT2D eigenvalue weighted by Crippen LogP contribution is -2.24. The molecule has 9 heterocycles. The van der Waals surface area contributed by atoms with E-state index in [-0.39, 0.29) is 11.8 Å². The number of fused-ring (bicyclic) bond motifs is 2. The molecule has 1 saturated heterocycles. The first-order chi connectivity index (χ1) is 27.9. The van der Waals surface area contributed by atoms with Gasteiger partial charge in [0.15, 0.2) is 11.6 Å². The average molecular weight is 802 g/mol. The molecule has 0 radical (unpaired) electrons. The monoisotopic (exact) mass is 801 g/mol. The van der Waals surface area contributed by atoms with Gasteiger partial charge in [0.25, 0.3) is 11.8 Å². The van der Waals surface area contributed by atoms with Gasteiger partial charge < -0.3 is 19.2 Å². The number of thiophene rings is 2. The number of ether oxygens (including phenoxy) is 1. The van der Waals surface area contributed by atoms with Gasteiger partial charge >= 0.3 is 0 Å². The van der Waals surface area contributed by atoms with E-state index in [1.165, 1.54) is 22.5 Å². The number of hydrogen-bond donors (Lipinski definition) is 1. The largest absolute Gasteiger partial charge is 0.384 e. The van der Waals surface area contributed by atoms with Gasteiger partial charge in [-0.05, 0) is 91.1 Å². The van der Waals surface area contributed by atoms with E-state index >= 15 is 0 Å². The highest BCUT2D eigenvalue weighted by Gasteiger charge is 2.37. The quantitative estimate of drug-likeness (QED) is 0.146. The molecule has 0 unspecified atom stereocenters. The van der Waals surface area contributed by atoms with Crippen LogP contribution in [-0.2, 0) is 17.8 Å². The Morgan fingerprint density at radius 3 is 1.84 bits per heavy atom. The van der Waals surface area contributed by atoms with E-state index in [0.717, 1.165) is 102 Å². The Morgan fingerprint density at radius 1 is 0.737 bits per heavy atom. The van der Waals surface area contributed by atoms with Crippen LogP contribution in [0.2, 0.25) is 0 Å². The van der Waals surface area contributed by atoms with Crippen molar-refractivity contribution in [1.29, 1.82) is 0 Å². The van der Waals surface area contributed by atoms with Gasteiger partial charge in [0, 0.05) is 42.8 Å². The summed E-state index contributed by atoms with van der Waals surface area (Å²) in [5.41, 5.74) is 6.16. The maximum atomic E-state index is 13.1. The van der Waals surface area contributed by atoms with Crippen LogP contribution in [0.1, 0.15) is 106 Å². The molecule has 2 saturated carbocycles. The van der Waals surface area contributed by atoms with Crippen LogP contribution in [0.15, 0.2) is 59.8 Å². The van der Waals surface area contributed by atoms with Crippen LogP contribution in [0.5, 0.6) is 0 Å². The van der Waals surface area contributed by atoms with E-state index < -0.39 is 0 Å². The van der Waals surface area contributed by atoms with Crippen molar-refractivity contribution >= 4 is 51.8 Å². The van der Waals surface area contributed by atoms with E-state index in [9.17, 15) is 9.59 Å². The summed E-state index contributed by atoms with van der Waals surface area (Å²) in [6.45, 7) is 7.98. The SMILES string of the molecule is CC(C)CNc1csc2c1CN(c1cccc(-c3nncn3C3CC3)n1)C2=O.O=C1c2scc(C3CCOCC3)c2CN1c1cccc(-c2nncn2C2CC2)n1. The molecule has 11 rings (SSSR count). The third kappa shape index (κ3) is 6.93. The first kappa shape index (κ1) is 36.0. The Labute approximate surface area is 338 Å². The highest BCUT2D eigenvalue weighted by molar-refractivity contribution is 7.13. The Balaban J connectivity index is 0.000000139. The molecule has 14 nitrogen and oxygen atoms in total. The Morgan fingerprint density at radius 2 is 1.28 bits per heavy atom. The lowest BCUT2D eigenvalue weighted by atomic mass is 9.91. The second-order valence-corrected chi connectivity index (χ2v) is 17.5. The van der Waals surface area contributed by atoms with Gasteiger partial charge in [0.05, 0.1) is 28.5 Å². The first-order valence-corrected chi connectivity index (χ1v) is 21.6. The average Bonchev–Trinajstić information content (AvgIpc) is 3.86. The second kappa shape index (κ2) is 14.9. The summed E-state index contributed by atoms with van der Waals surface area (Å²) in [5.74, 6) is 4.00. The third-order valence-electron chi connectivity index (χ3n) is 11.2. The van der Waals surface area contributed by atoms with Gasteiger partial charge in [0.1, 0.15) is 35.7 Å². The number of anilines is 3. The summed E-state index contributed by atoms with van der Waals surface area (Å²) in [5, 5.41) is 24.4. The van der Waals surface area contributed by atoms with Crippen molar-refractivity contribution < 1.29 is 14.3 Å². The summed E-state index contributed by atoms with van der Waals surface area (Å²) in [4.78, 5) is 40.8. The van der Waals surface area contributed by atoms with Gasteiger partial charge in [-0.1, -0.05) is 26.0 Å². The number of hydrogen-bond acceptors (Lipinski definition) is 12. The lowest BCUT2D eigenvalue weighted by molar-refractivity contribution is 0.0852. The molecule has 6 aromatic heterocycles. The Hall–Kier alpha value is -5.32. The summed E-state index contributed by atoms with van der Waals surface area (Å²) >= 11 is 3.07. The first-order valence-electron chi connectivity index (χ1n) is 19.8. The highest BCUT2D eigenvalue weighted by atomic mass is 32.1. The van der Waals surface area contributed by atoms with Crippen LogP contribution in [-0.4, -0.2) is 71.1 Å². The van der Waals surface area contributed by atoms with Crippen LogP contribution in [0, 0.1) is 5.92 Å². The van der Waals surface area contributed by atoms with Crippen LogP contribution in [0.3, 0.4) is 0 Å². The van der Waals surface area contributed by atoms with Crippen molar-refractivity contribution in [2.45, 2.75) is 83.5 Å². The molecule has 2 aliphatic carbocycles. The van der Waals surface area contributed by atoms with Crippen molar-refractivity contribution in [3.05, 3.63) is 86.3 Å². The van der Waals surface area contributed by atoms with Gasteiger partial charge in [-0.2, -0.15) is 0 Å². The molecular weight excluding hydrogens is 759 g/mol. The summed E-state index contributed by atoms with van der Waals surface area (Å²) in [7, 11) is 0.